The summed E-state index contributed by atoms with van der Waals surface area (Å²) in [6, 6.07) is 11.6. The fourth-order valence-electron chi connectivity index (χ4n) is 3.34. The molecule has 0 aliphatic rings. The molecular formula is C23H16F5N3O2. The van der Waals surface area contributed by atoms with Gasteiger partial charge in [0.05, 0.1) is 5.56 Å². The summed E-state index contributed by atoms with van der Waals surface area (Å²) in [5.74, 6) is -4.65. The van der Waals surface area contributed by atoms with Crippen LogP contribution in [-0.2, 0) is 13.7 Å². The van der Waals surface area contributed by atoms with E-state index in [-0.39, 0.29) is 17.7 Å². The average molecular weight is 461 g/mol. The number of carbonyl (C=O) groups is 1. The number of rotatable bonds is 6. The van der Waals surface area contributed by atoms with Gasteiger partial charge in [-0.3, -0.25) is 9.48 Å². The van der Waals surface area contributed by atoms with E-state index in [0.29, 0.717) is 16.8 Å². The monoisotopic (exact) mass is 461 g/mol. The van der Waals surface area contributed by atoms with Crippen molar-refractivity contribution in [3.63, 3.8) is 0 Å². The van der Waals surface area contributed by atoms with E-state index in [0.717, 1.165) is 22.2 Å². The van der Waals surface area contributed by atoms with Crippen LogP contribution in [0.4, 0.5) is 27.6 Å². The highest BCUT2D eigenvalue weighted by molar-refractivity contribution is 6.09. The van der Waals surface area contributed by atoms with Gasteiger partial charge >= 0.3 is 0 Å². The van der Waals surface area contributed by atoms with E-state index in [4.69, 9.17) is 4.74 Å². The topological polar surface area (TPSA) is 56.2 Å². The quantitative estimate of drug-likeness (QED) is 0.294. The summed E-state index contributed by atoms with van der Waals surface area (Å²) in [4.78, 5) is 12.7. The number of aromatic nitrogens is 2. The van der Waals surface area contributed by atoms with E-state index in [1.54, 1.807) is 36.4 Å². The summed E-state index contributed by atoms with van der Waals surface area (Å²) in [6.07, 6.45) is -1.71. The minimum Gasteiger partial charge on any atom is -0.489 e. The van der Waals surface area contributed by atoms with Crippen molar-refractivity contribution in [3.05, 3.63) is 89.0 Å². The van der Waals surface area contributed by atoms with Gasteiger partial charge in [-0.05, 0) is 41.3 Å². The molecule has 3 aromatic carbocycles. The number of fused-ring (bicyclic) bond motifs is 1. The molecular weight excluding hydrogens is 445 g/mol. The van der Waals surface area contributed by atoms with Crippen molar-refractivity contribution < 1.29 is 31.5 Å². The van der Waals surface area contributed by atoms with Crippen LogP contribution in [-0.4, -0.2) is 15.7 Å². The Morgan fingerprint density at radius 1 is 1.09 bits per heavy atom. The number of ether oxygens (including phenoxy) is 1. The molecule has 0 bridgehead atoms. The van der Waals surface area contributed by atoms with Gasteiger partial charge < -0.3 is 10.1 Å². The predicted molar refractivity (Wildman–Crippen MR) is 111 cm³/mol. The smallest absolute Gasteiger partial charge is 0.282 e. The van der Waals surface area contributed by atoms with Gasteiger partial charge in [0.15, 0.2) is 17.5 Å². The average Bonchev–Trinajstić information content (AvgIpc) is 3.18. The normalized spacial score (nSPS) is 11.2. The van der Waals surface area contributed by atoms with Crippen LogP contribution < -0.4 is 10.1 Å². The molecule has 0 atom stereocenters. The van der Waals surface area contributed by atoms with Crippen LogP contribution in [0.2, 0.25) is 0 Å². The molecule has 0 aliphatic carbocycles. The Bertz CT molecular complexity index is 1330. The number of aryl methyl sites for hydroxylation is 1. The molecule has 4 rings (SSSR count). The van der Waals surface area contributed by atoms with Crippen molar-refractivity contribution in [2.45, 2.75) is 13.0 Å². The molecule has 0 saturated heterocycles. The Morgan fingerprint density at radius 2 is 1.82 bits per heavy atom. The molecule has 0 aliphatic heterocycles. The van der Waals surface area contributed by atoms with Gasteiger partial charge in [0.25, 0.3) is 12.3 Å². The lowest BCUT2D eigenvalue weighted by atomic mass is 10.1. The largest absolute Gasteiger partial charge is 0.489 e. The van der Waals surface area contributed by atoms with Gasteiger partial charge in [-0.15, -0.1) is 0 Å². The molecule has 1 aromatic heterocycles. The maximum atomic E-state index is 13.4. The lowest BCUT2D eigenvalue weighted by Gasteiger charge is -2.12. The molecule has 0 unspecified atom stereocenters. The van der Waals surface area contributed by atoms with E-state index in [1.165, 1.54) is 13.2 Å². The first-order valence-corrected chi connectivity index (χ1v) is 9.65. The zero-order valence-corrected chi connectivity index (χ0v) is 17.1. The second-order valence-corrected chi connectivity index (χ2v) is 7.21. The summed E-state index contributed by atoms with van der Waals surface area (Å²) in [5, 5.41) is 7.50. The van der Waals surface area contributed by atoms with E-state index in [9.17, 15) is 26.7 Å². The van der Waals surface area contributed by atoms with Crippen LogP contribution in [0.25, 0.3) is 10.8 Å². The van der Waals surface area contributed by atoms with Gasteiger partial charge in [-0.2, -0.15) is 5.10 Å². The van der Waals surface area contributed by atoms with Gasteiger partial charge in [0, 0.05) is 24.3 Å². The van der Waals surface area contributed by atoms with E-state index >= 15 is 0 Å². The number of hydrogen-bond donors (Lipinski definition) is 1. The fraction of sp³-hybridized carbons (Fsp3) is 0.130. The molecule has 4 aromatic rings. The Labute approximate surface area is 184 Å². The number of nitrogens with zero attached hydrogens (tertiary/aromatic N) is 2. The van der Waals surface area contributed by atoms with Crippen molar-refractivity contribution in [3.8, 4) is 5.75 Å². The van der Waals surface area contributed by atoms with Gasteiger partial charge in [0.1, 0.15) is 18.1 Å². The standard InChI is InChI=1S/C23H16F5N3O2/c1-31-10-16(21(30-31)22(27)28)23(32)29-19-4-2-3-13-5-6-14(9-15(13)19)33-11-12-7-17(24)20(26)18(25)8-12/h2-10,22H,11H2,1H3,(H,29,32). The maximum absolute atomic E-state index is 13.4. The number of anilines is 1. The predicted octanol–water partition coefficient (Wildman–Crippen LogP) is 5.76. The lowest BCUT2D eigenvalue weighted by molar-refractivity contribution is 0.101. The van der Waals surface area contributed by atoms with E-state index < -0.39 is 35.5 Å². The maximum Gasteiger partial charge on any atom is 0.282 e. The highest BCUT2D eigenvalue weighted by Gasteiger charge is 2.23. The van der Waals surface area contributed by atoms with Crippen molar-refractivity contribution in [1.29, 1.82) is 0 Å². The molecule has 170 valence electrons. The Hall–Kier alpha value is -3.95. The van der Waals surface area contributed by atoms with Crippen LogP contribution in [0.5, 0.6) is 5.75 Å². The zero-order chi connectivity index (χ0) is 23.7. The second kappa shape index (κ2) is 8.89. The molecule has 1 N–H and O–H groups in total. The molecule has 0 spiro atoms. The van der Waals surface area contributed by atoms with Crippen molar-refractivity contribution in [2.75, 3.05) is 5.32 Å². The first-order chi connectivity index (χ1) is 15.7. The number of hydrogen-bond acceptors (Lipinski definition) is 3. The number of halogens is 5. The summed E-state index contributed by atoms with van der Waals surface area (Å²) in [7, 11) is 1.43. The highest BCUT2D eigenvalue weighted by atomic mass is 19.3. The number of nitrogens with one attached hydrogen (secondary N) is 1. The number of amides is 1. The molecule has 0 radical (unpaired) electrons. The molecule has 0 fully saturated rings. The van der Waals surface area contributed by atoms with Crippen molar-refractivity contribution in [1.82, 2.24) is 9.78 Å². The SMILES string of the molecule is Cn1cc(C(=O)Nc2cccc3ccc(OCc4cc(F)c(F)c(F)c4)cc23)c(C(F)F)n1. The third-order valence-corrected chi connectivity index (χ3v) is 4.86. The Kier molecular flexibility index (Phi) is 5.99. The summed E-state index contributed by atoms with van der Waals surface area (Å²) >= 11 is 0. The molecule has 33 heavy (non-hydrogen) atoms. The van der Waals surface area contributed by atoms with Gasteiger partial charge in [0.2, 0.25) is 0 Å². The number of carbonyl (C=O) groups excluding carboxylic acids is 1. The van der Waals surface area contributed by atoms with Crippen LogP contribution in [0.15, 0.2) is 54.7 Å². The summed E-state index contributed by atoms with van der Waals surface area (Å²) < 4.78 is 73.0. The van der Waals surface area contributed by atoms with Gasteiger partial charge in [-0.25, -0.2) is 22.0 Å². The lowest BCUT2D eigenvalue weighted by Crippen LogP contribution is -2.13. The Morgan fingerprint density at radius 3 is 2.52 bits per heavy atom. The van der Waals surface area contributed by atoms with Crippen molar-refractivity contribution >= 4 is 22.4 Å². The molecule has 0 saturated carbocycles. The first kappa shape index (κ1) is 22.3. The summed E-state index contributed by atoms with van der Waals surface area (Å²) in [5.41, 5.74) is -0.453. The van der Waals surface area contributed by atoms with Crippen LogP contribution in [0, 0.1) is 17.5 Å². The molecule has 1 heterocycles. The third-order valence-electron chi connectivity index (χ3n) is 4.86. The molecule has 5 nitrogen and oxygen atoms in total. The van der Waals surface area contributed by atoms with Crippen LogP contribution in [0.1, 0.15) is 28.0 Å². The van der Waals surface area contributed by atoms with Crippen LogP contribution in [0.3, 0.4) is 0 Å². The third kappa shape index (κ3) is 4.64. The first-order valence-electron chi connectivity index (χ1n) is 9.65. The van der Waals surface area contributed by atoms with Crippen LogP contribution >= 0.6 is 0 Å². The number of alkyl halides is 2. The second-order valence-electron chi connectivity index (χ2n) is 7.21. The molecule has 1 amide bonds. The molecule has 10 heteroatoms. The van der Waals surface area contributed by atoms with Crippen molar-refractivity contribution in [2.24, 2.45) is 7.05 Å². The minimum atomic E-state index is -2.92. The van der Waals surface area contributed by atoms with Gasteiger partial charge in [-0.1, -0.05) is 18.2 Å². The highest BCUT2D eigenvalue weighted by Crippen LogP contribution is 2.29. The number of benzene rings is 3. The fourth-order valence-corrected chi connectivity index (χ4v) is 3.34. The summed E-state index contributed by atoms with van der Waals surface area (Å²) in [6.45, 7) is -0.235. The zero-order valence-electron chi connectivity index (χ0n) is 17.1. The Balaban J connectivity index is 1.59. The van der Waals surface area contributed by atoms with E-state index in [2.05, 4.69) is 10.4 Å². The van der Waals surface area contributed by atoms with E-state index in [1.807, 2.05) is 0 Å². The minimum absolute atomic E-state index is 0.0872.